The number of benzene rings is 1. The molecular weight excluding hydrogens is 236 g/mol. The molecule has 1 N–H and O–H groups in total. The molecule has 4 heteroatoms. The average molecular weight is 252 g/mol. The van der Waals surface area contributed by atoms with Crippen molar-refractivity contribution >= 4 is 5.95 Å². The molecule has 0 fully saturated rings. The molecule has 0 spiro atoms. The average Bonchev–Trinajstić information content (AvgIpc) is 2.36. The Bertz CT molecular complexity index is 601. The lowest BCUT2D eigenvalue weighted by molar-refractivity contribution is 1.12. The number of nitrogens with one attached hydrogen (secondary N) is 1. The van der Waals surface area contributed by atoms with Crippen LogP contribution in [0.5, 0.6) is 0 Å². The monoisotopic (exact) mass is 252 g/mol. The van der Waals surface area contributed by atoms with Crippen LogP contribution in [0, 0.1) is 32.1 Å². The summed E-state index contributed by atoms with van der Waals surface area (Å²) in [4.78, 5) is 8.45. The van der Waals surface area contributed by atoms with Crippen molar-refractivity contribution in [3.05, 3.63) is 41.2 Å². The summed E-state index contributed by atoms with van der Waals surface area (Å²) >= 11 is 0. The molecule has 2 aromatic rings. The highest BCUT2D eigenvalue weighted by Crippen LogP contribution is 2.27. The molecule has 0 aliphatic carbocycles. The van der Waals surface area contributed by atoms with Gasteiger partial charge in [0.1, 0.15) is 6.54 Å². The van der Waals surface area contributed by atoms with E-state index in [-0.39, 0.29) is 6.54 Å². The zero-order chi connectivity index (χ0) is 13.8. The van der Waals surface area contributed by atoms with Crippen LogP contribution in [0.3, 0.4) is 0 Å². The van der Waals surface area contributed by atoms with Gasteiger partial charge in [0.25, 0.3) is 0 Å². The van der Waals surface area contributed by atoms with Gasteiger partial charge in [-0.2, -0.15) is 5.26 Å². The second-order valence-electron chi connectivity index (χ2n) is 4.58. The summed E-state index contributed by atoms with van der Waals surface area (Å²) in [6, 6.07) is 6.31. The van der Waals surface area contributed by atoms with Crippen LogP contribution < -0.4 is 5.32 Å². The van der Waals surface area contributed by atoms with Crippen LogP contribution in [-0.4, -0.2) is 16.5 Å². The Morgan fingerprint density at radius 3 is 2.21 bits per heavy atom. The lowest BCUT2D eigenvalue weighted by atomic mass is 9.96. The van der Waals surface area contributed by atoms with E-state index in [4.69, 9.17) is 5.26 Å². The van der Waals surface area contributed by atoms with E-state index >= 15 is 0 Å². The van der Waals surface area contributed by atoms with Gasteiger partial charge >= 0.3 is 0 Å². The number of nitrogens with zero attached hydrogens (tertiary/aromatic N) is 3. The van der Waals surface area contributed by atoms with Crippen LogP contribution in [0.2, 0.25) is 0 Å². The van der Waals surface area contributed by atoms with E-state index in [1.54, 1.807) is 12.4 Å². The van der Waals surface area contributed by atoms with Gasteiger partial charge in [0.05, 0.1) is 6.07 Å². The van der Waals surface area contributed by atoms with Crippen molar-refractivity contribution in [2.24, 2.45) is 0 Å². The largest absolute Gasteiger partial charge is 0.341 e. The highest BCUT2D eigenvalue weighted by Gasteiger charge is 2.07. The van der Waals surface area contributed by atoms with Gasteiger partial charge in [0.15, 0.2) is 0 Å². The van der Waals surface area contributed by atoms with E-state index in [2.05, 4.69) is 48.2 Å². The van der Waals surface area contributed by atoms with Crippen LogP contribution in [0.4, 0.5) is 5.95 Å². The molecule has 0 aliphatic heterocycles. The van der Waals surface area contributed by atoms with E-state index in [1.165, 1.54) is 22.3 Å². The molecule has 0 atom stereocenters. The highest BCUT2D eigenvalue weighted by molar-refractivity contribution is 5.70. The molecule has 0 aliphatic rings. The SMILES string of the molecule is Cc1cc(C)c(-c2cnc(NCC#N)nc2)c(C)c1. The standard InChI is InChI=1S/C15H16N4/c1-10-6-11(2)14(12(3)7-10)13-8-18-15(19-9-13)17-5-4-16/h6-9H,5H2,1-3H3,(H,17,18,19). The quantitative estimate of drug-likeness (QED) is 0.853. The second-order valence-corrected chi connectivity index (χ2v) is 4.58. The molecule has 1 heterocycles. The fourth-order valence-corrected chi connectivity index (χ4v) is 2.30. The predicted molar refractivity (Wildman–Crippen MR) is 75.8 cm³/mol. The molecule has 4 nitrogen and oxygen atoms in total. The van der Waals surface area contributed by atoms with E-state index in [0.29, 0.717) is 5.95 Å². The van der Waals surface area contributed by atoms with Gasteiger partial charge in [-0.3, -0.25) is 0 Å². The van der Waals surface area contributed by atoms with Gasteiger partial charge in [-0.15, -0.1) is 0 Å². The van der Waals surface area contributed by atoms with Gasteiger partial charge in [-0.05, 0) is 37.5 Å². The van der Waals surface area contributed by atoms with Gasteiger partial charge in [-0.25, -0.2) is 9.97 Å². The maximum absolute atomic E-state index is 8.49. The first-order valence-corrected chi connectivity index (χ1v) is 6.13. The fourth-order valence-electron chi connectivity index (χ4n) is 2.30. The molecule has 0 saturated heterocycles. The third kappa shape index (κ3) is 2.89. The summed E-state index contributed by atoms with van der Waals surface area (Å²) in [5.41, 5.74) is 5.87. The molecule has 0 unspecified atom stereocenters. The molecular formula is C15H16N4. The van der Waals surface area contributed by atoms with Crippen LogP contribution >= 0.6 is 0 Å². The number of rotatable bonds is 3. The molecule has 0 bridgehead atoms. The van der Waals surface area contributed by atoms with Crippen molar-refractivity contribution in [3.8, 4) is 17.2 Å². The summed E-state index contributed by atoms with van der Waals surface area (Å²) in [6.45, 7) is 6.49. The lowest BCUT2D eigenvalue weighted by Gasteiger charge is -2.11. The maximum Gasteiger partial charge on any atom is 0.223 e. The van der Waals surface area contributed by atoms with E-state index in [9.17, 15) is 0 Å². The number of anilines is 1. The molecule has 1 aromatic heterocycles. The van der Waals surface area contributed by atoms with Gasteiger partial charge in [0.2, 0.25) is 5.95 Å². The molecule has 0 radical (unpaired) electrons. The zero-order valence-corrected chi connectivity index (χ0v) is 11.4. The Morgan fingerprint density at radius 1 is 1.11 bits per heavy atom. The molecule has 0 amide bonds. The summed E-state index contributed by atoms with van der Waals surface area (Å²) in [6.07, 6.45) is 3.58. The predicted octanol–water partition coefficient (Wildman–Crippen LogP) is 3.00. The highest BCUT2D eigenvalue weighted by atomic mass is 15.1. The summed E-state index contributed by atoms with van der Waals surface area (Å²) < 4.78 is 0. The van der Waals surface area contributed by atoms with Crippen molar-refractivity contribution in [2.45, 2.75) is 20.8 Å². The Labute approximate surface area is 113 Å². The number of hydrogen-bond donors (Lipinski definition) is 1. The van der Waals surface area contributed by atoms with Crippen LogP contribution in [0.15, 0.2) is 24.5 Å². The summed E-state index contributed by atoms with van der Waals surface area (Å²) in [5, 5.41) is 11.3. The third-order valence-electron chi connectivity index (χ3n) is 2.94. The second kappa shape index (κ2) is 5.49. The minimum Gasteiger partial charge on any atom is -0.341 e. The van der Waals surface area contributed by atoms with E-state index < -0.39 is 0 Å². The molecule has 1 aromatic carbocycles. The van der Waals surface area contributed by atoms with Gasteiger partial charge < -0.3 is 5.32 Å². The maximum atomic E-state index is 8.49. The van der Waals surface area contributed by atoms with Gasteiger partial charge in [0, 0.05) is 18.0 Å². The van der Waals surface area contributed by atoms with E-state index in [0.717, 1.165) is 5.56 Å². The molecule has 0 saturated carbocycles. The molecule has 19 heavy (non-hydrogen) atoms. The summed E-state index contributed by atoms with van der Waals surface area (Å²) in [7, 11) is 0. The topological polar surface area (TPSA) is 61.6 Å². The van der Waals surface area contributed by atoms with Crippen LogP contribution in [0.1, 0.15) is 16.7 Å². The Balaban J connectivity index is 2.35. The van der Waals surface area contributed by atoms with Crippen molar-refractivity contribution in [2.75, 3.05) is 11.9 Å². The Kier molecular flexibility index (Phi) is 3.76. The minimum absolute atomic E-state index is 0.210. The summed E-state index contributed by atoms with van der Waals surface area (Å²) in [5.74, 6) is 0.479. The Hall–Kier alpha value is -2.41. The van der Waals surface area contributed by atoms with Crippen molar-refractivity contribution < 1.29 is 0 Å². The minimum atomic E-state index is 0.210. The third-order valence-corrected chi connectivity index (χ3v) is 2.94. The first-order chi connectivity index (χ1) is 9.11. The van der Waals surface area contributed by atoms with Crippen molar-refractivity contribution in [3.63, 3.8) is 0 Å². The first-order valence-electron chi connectivity index (χ1n) is 6.13. The molecule has 2 rings (SSSR count). The zero-order valence-electron chi connectivity index (χ0n) is 11.4. The lowest BCUT2D eigenvalue weighted by Crippen LogP contribution is -2.03. The number of aromatic nitrogens is 2. The van der Waals surface area contributed by atoms with Crippen LogP contribution in [0.25, 0.3) is 11.1 Å². The van der Waals surface area contributed by atoms with Crippen LogP contribution in [-0.2, 0) is 0 Å². The Morgan fingerprint density at radius 2 is 1.68 bits per heavy atom. The van der Waals surface area contributed by atoms with Gasteiger partial charge in [-0.1, -0.05) is 17.7 Å². The van der Waals surface area contributed by atoms with Crippen molar-refractivity contribution in [1.82, 2.24) is 9.97 Å². The van der Waals surface area contributed by atoms with Crippen molar-refractivity contribution in [1.29, 1.82) is 5.26 Å². The smallest absolute Gasteiger partial charge is 0.223 e. The number of hydrogen-bond acceptors (Lipinski definition) is 4. The number of nitriles is 1. The normalized spacial score (nSPS) is 10.0. The first kappa shape index (κ1) is 13.0. The number of aryl methyl sites for hydroxylation is 3. The fraction of sp³-hybridized carbons (Fsp3) is 0.267. The molecule has 96 valence electrons. The van der Waals surface area contributed by atoms with E-state index in [1.807, 2.05) is 6.07 Å².